The van der Waals surface area contributed by atoms with Crippen LogP contribution in [0.5, 0.6) is 5.75 Å². The molecule has 0 saturated carbocycles. The molecular weight excluding hydrogens is 396 g/mol. The molecule has 0 unspecified atom stereocenters. The summed E-state index contributed by atoms with van der Waals surface area (Å²) in [6.07, 6.45) is -0.134. The van der Waals surface area contributed by atoms with Crippen LogP contribution in [0.1, 0.15) is 16.7 Å². The molecule has 152 valence electrons. The molecule has 0 atom stereocenters. The number of fused-ring (bicyclic) bond motifs is 1. The second kappa shape index (κ2) is 8.06. The Morgan fingerprint density at radius 2 is 1.86 bits per heavy atom. The zero-order valence-electron chi connectivity index (χ0n) is 15.9. The number of nitrogens with one attached hydrogen (secondary N) is 1. The molecule has 1 amide bonds. The molecule has 0 bridgehead atoms. The first kappa shape index (κ1) is 20.6. The van der Waals surface area contributed by atoms with Gasteiger partial charge in [0.2, 0.25) is 15.9 Å². The lowest BCUT2D eigenvalue weighted by molar-refractivity contribution is -0.120. The summed E-state index contributed by atoms with van der Waals surface area (Å²) in [6.45, 7) is 1.94. The number of primary sulfonamides is 1. The summed E-state index contributed by atoms with van der Waals surface area (Å²) in [7, 11) is -2.24. The van der Waals surface area contributed by atoms with Crippen LogP contribution in [-0.4, -0.2) is 21.4 Å². The molecule has 3 rings (SSSR count). The third-order valence-corrected chi connectivity index (χ3v) is 5.50. The van der Waals surface area contributed by atoms with Crippen molar-refractivity contribution in [1.82, 2.24) is 5.32 Å². The second-order valence-electron chi connectivity index (χ2n) is 6.50. The number of benzene rings is 2. The van der Waals surface area contributed by atoms with E-state index in [-0.39, 0.29) is 29.3 Å². The predicted octanol–water partition coefficient (Wildman–Crippen LogP) is 1.62. The zero-order chi connectivity index (χ0) is 21.2. The van der Waals surface area contributed by atoms with Crippen molar-refractivity contribution in [3.63, 3.8) is 0 Å². The van der Waals surface area contributed by atoms with E-state index in [0.717, 1.165) is 5.39 Å². The molecule has 9 heteroatoms. The van der Waals surface area contributed by atoms with Gasteiger partial charge in [0.15, 0.2) is 0 Å². The van der Waals surface area contributed by atoms with Gasteiger partial charge in [0, 0.05) is 18.0 Å². The Morgan fingerprint density at radius 1 is 1.17 bits per heavy atom. The van der Waals surface area contributed by atoms with E-state index in [4.69, 9.17) is 14.3 Å². The van der Waals surface area contributed by atoms with Crippen molar-refractivity contribution in [2.45, 2.75) is 24.8 Å². The van der Waals surface area contributed by atoms with E-state index >= 15 is 0 Å². The van der Waals surface area contributed by atoms with Crippen molar-refractivity contribution >= 4 is 26.9 Å². The van der Waals surface area contributed by atoms with Gasteiger partial charge in [0.05, 0.1) is 24.0 Å². The van der Waals surface area contributed by atoms with E-state index < -0.39 is 15.6 Å². The molecule has 0 aliphatic heterocycles. The van der Waals surface area contributed by atoms with Crippen LogP contribution in [0.2, 0.25) is 0 Å². The van der Waals surface area contributed by atoms with Crippen LogP contribution in [0.25, 0.3) is 11.0 Å². The van der Waals surface area contributed by atoms with E-state index in [1.165, 1.54) is 19.2 Å². The standard InChI is InChI=1S/C20H20N2O6S/c1-12-16-8-5-14(27-2)9-18(16)28-20(24)17(12)10-19(23)22-11-13-3-6-15(7-4-13)29(21,25)26/h3-9H,10-11H2,1-2H3,(H,22,23)(H2,21,25,26). The van der Waals surface area contributed by atoms with Crippen LogP contribution in [-0.2, 0) is 27.8 Å². The highest BCUT2D eigenvalue weighted by molar-refractivity contribution is 7.89. The third kappa shape index (κ3) is 4.64. The summed E-state index contributed by atoms with van der Waals surface area (Å²) in [6, 6.07) is 11.0. The predicted molar refractivity (Wildman–Crippen MR) is 107 cm³/mol. The van der Waals surface area contributed by atoms with Crippen LogP contribution in [0.3, 0.4) is 0 Å². The topological polar surface area (TPSA) is 129 Å². The smallest absolute Gasteiger partial charge is 0.340 e. The van der Waals surface area contributed by atoms with Gasteiger partial charge in [0.1, 0.15) is 11.3 Å². The van der Waals surface area contributed by atoms with Gasteiger partial charge in [-0.3, -0.25) is 4.79 Å². The number of hydrogen-bond acceptors (Lipinski definition) is 6. The first-order valence-electron chi connectivity index (χ1n) is 8.68. The maximum Gasteiger partial charge on any atom is 0.340 e. The van der Waals surface area contributed by atoms with Gasteiger partial charge in [-0.15, -0.1) is 0 Å². The van der Waals surface area contributed by atoms with Gasteiger partial charge in [0.25, 0.3) is 0 Å². The van der Waals surface area contributed by atoms with Crippen molar-refractivity contribution in [2.24, 2.45) is 5.14 Å². The minimum Gasteiger partial charge on any atom is -0.497 e. The minimum absolute atomic E-state index is 0.00592. The summed E-state index contributed by atoms with van der Waals surface area (Å²) < 4.78 is 33.0. The molecule has 0 fully saturated rings. The average Bonchev–Trinajstić information content (AvgIpc) is 2.68. The number of ether oxygens (including phenoxy) is 1. The molecule has 3 aromatic rings. The molecule has 8 nitrogen and oxygen atoms in total. The average molecular weight is 416 g/mol. The molecule has 0 spiro atoms. The fourth-order valence-electron chi connectivity index (χ4n) is 2.93. The highest BCUT2D eigenvalue weighted by atomic mass is 32.2. The fourth-order valence-corrected chi connectivity index (χ4v) is 3.44. The van der Waals surface area contributed by atoms with Crippen LogP contribution >= 0.6 is 0 Å². The van der Waals surface area contributed by atoms with Gasteiger partial charge in [-0.1, -0.05) is 12.1 Å². The van der Waals surface area contributed by atoms with E-state index in [1.807, 2.05) is 0 Å². The molecule has 0 aliphatic rings. The Morgan fingerprint density at radius 3 is 2.48 bits per heavy atom. The van der Waals surface area contributed by atoms with Crippen molar-refractivity contribution in [3.8, 4) is 5.75 Å². The molecule has 3 N–H and O–H groups in total. The Kier molecular flexibility index (Phi) is 5.71. The molecule has 1 heterocycles. The SMILES string of the molecule is COc1ccc2c(C)c(CC(=O)NCc3ccc(S(N)(=O)=O)cc3)c(=O)oc2c1. The number of aryl methyl sites for hydroxylation is 1. The first-order valence-corrected chi connectivity index (χ1v) is 10.2. The minimum atomic E-state index is -3.76. The van der Waals surface area contributed by atoms with Crippen LogP contribution < -0.4 is 20.8 Å². The zero-order valence-corrected chi connectivity index (χ0v) is 16.7. The van der Waals surface area contributed by atoms with Gasteiger partial charge < -0.3 is 14.5 Å². The number of rotatable bonds is 6. The molecular formula is C20H20N2O6S. The van der Waals surface area contributed by atoms with Crippen molar-refractivity contribution in [3.05, 3.63) is 69.6 Å². The Labute approximate surface area is 167 Å². The maximum atomic E-state index is 12.3. The molecule has 29 heavy (non-hydrogen) atoms. The lowest BCUT2D eigenvalue weighted by atomic mass is 10.0. The largest absolute Gasteiger partial charge is 0.497 e. The normalized spacial score (nSPS) is 11.4. The van der Waals surface area contributed by atoms with Crippen LogP contribution in [0.4, 0.5) is 0 Å². The van der Waals surface area contributed by atoms with E-state index in [1.54, 1.807) is 37.3 Å². The second-order valence-corrected chi connectivity index (χ2v) is 8.06. The molecule has 0 radical (unpaired) electrons. The fraction of sp³-hybridized carbons (Fsp3) is 0.200. The number of carbonyl (C=O) groups is 1. The van der Waals surface area contributed by atoms with E-state index in [0.29, 0.717) is 22.5 Å². The van der Waals surface area contributed by atoms with Gasteiger partial charge in [-0.25, -0.2) is 18.4 Å². The van der Waals surface area contributed by atoms with Gasteiger partial charge >= 0.3 is 5.63 Å². The van der Waals surface area contributed by atoms with Crippen molar-refractivity contribution in [1.29, 1.82) is 0 Å². The third-order valence-electron chi connectivity index (χ3n) is 4.57. The number of nitrogens with two attached hydrogens (primary N) is 1. The summed E-state index contributed by atoms with van der Waals surface area (Å²) in [5, 5.41) is 8.49. The van der Waals surface area contributed by atoms with Crippen LogP contribution in [0, 0.1) is 6.92 Å². The Hall–Kier alpha value is -3.17. The monoisotopic (exact) mass is 416 g/mol. The number of amides is 1. The summed E-state index contributed by atoms with van der Waals surface area (Å²) in [5.41, 5.74) is 1.47. The summed E-state index contributed by atoms with van der Waals surface area (Å²) in [5.74, 6) is 0.211. The number of hydrogen-bond donors (Lipinski definition) is 2. The maximum absolute atomic E-state index is 12.3. The molecule has 0 aliphatic carbocycles. The summed E-state index contributed by atoms with van der Waals surface area (Å²) >= 11 is 0. The van der Waals surface area contributed by atoms with Crippen molar-refractivity contribution < 1.29 is 22.4 Å². The highest BCUT2D eigenvalue weighted by Crippen LogP contribution is 2.24. The number of carbonyl (C=O) groups excluding carboxylic acids is 1. The lowest BCUT2D eigenvalue weighted by Gasteiger charge is -2.10. The highest BCUT2D eigenvalue weighted by Gasteiger charge is 2.15. The van der Waals surface area contributed by atoms with Gasteiger partial charge in [-0.05, 0) is 42.3 Å². The summed E-state index contributed by atoms with van der Waals surface area (Å²) in [4.78, 5) is 24.7. The molecule has 2 aromatic carbocycles. The van der Waals surface area contributed by atoms with Crippen LogP contribution in [0.15, 0.2) is 56.6 Å². The lowest BCUT2D eigenvalue weighted by Crippen LogP contribution is -2.27. The van der Waals surface area contributed by atoms with E-state index in [2.05, 4.69) is 5.32 Å². The Balaban J connectivity index is 1.73. The van der Waals surface area contributed by atoms with Crippen molar-refractivity contribution in [2.75, 3.05) is 7.11 Å². The molecule has 0 saturated heterocycles. The van der Waals surface area contributed by atoms with Gasteiger partial charge in [-0.2, -0.15) is 0 Å². The van der Waals surface area contributed by atoms with E-state index in [9.17, 15) is 18.0 Å². The quantitative estimate of drug-likeness (QED) is 0.588. The number of sulfonamides is 1. The molecule has 1 aromatic heterocycles. The Bertz CT molecular complexity index is 1230. The number of methoxy groups -OCH3 is 1. The first-order chi connectivity index (χ1) is 13.7.